The fourth-order valence-electron chi connectivity index (χ4n) is 3.52. The van der Waals surface area contributed by atoms with Crippen molar-refractivity contribution in [2.75, 3.05) is 5.75 Å². The minimum Gasteiger partial charge on any atom is -0.392 e. The molecule has 3 atom stereocenters. The van der Waals surface area contributed by atoms with E-state index in [0.29, 0.717) is 42.6 Å². The van der Waals surface area contributed by atoms with Crippen LogP contribution in [-0.2, 0) is 14.6 Å². The van der Waals surface area contributed by atoms with Gasteiger partial charge in [-0.2, -0.15) is 0 Å². The minimum absolute atomic E-state index is 0.0821. The van der Waals surface area contributed by atoms with Gasteiger partial charge >= 0.3 is 0 Å². The van der Waals surface area contributed by atoms with Crippen molar-refractivity contribution < 1.29 is 18.3 Å². The summed E-state index contributed by atoms with van der Waals surface area (Å²) in [6.45, 7) is 7.71. The van der Waals surface area contributed by atoms with Crippen LogP contribution < -0.4 is 0 Å². The number of sulfone groups is 1. The van der Waals surface area contributed by atoms with Gasteiger partial charge < -0.3 is 5.11 Å². The molecule has 1 aliphatic rings. The van der Waals surface area contributed by atoms with E-state index in [1.165, 1.54) is 0 Å². The number of carbonyl (C=O) groups is 1. The van der Waals surface area contributed by atoms with Crippen LogP contribution in [0, 0.1) is 11.3 Å². The Balaban J connectivity index is 1.89. The largest absolute Gasteiger partial charge is 0.392 e. The highest BCUT2D eigenvalue weighted by Gasteiger charge is 2.44. The Morgan fingerprint density at radius 3 is 2.56 bits per heavy atom. The van der Waals surface area contributed by atoms with Crippen molar-refractivity contribution >= 4 is 15.6 Å². The Morgan fingerprint density at radius 1 is 1.32 bits per heavy atom. The number of hydrogen-bond donors (Lipinski definition) is 1. The van der Waals surface area contributed by atoms with Crippen molar-refractivity contribution in [1.82, 2.24) is 0 Å². The number of aliphatic hydroxyl groups excluding tert-OH is 1. The summed E-state index contributed by atoms with van der Waals surface area (Å²) in [6, 6.07) is 8.35. The highest BCUT2D eigenvalue weighted by atomic mass is 32.2. The zero-order valence-corrected chi connectivity index (χ0v) is 15.9. The standard InChI is InChI=1S/C20H28O4S/c1-15(14-25(23,24)17-9-5-4-6-10-17)8-7-11-20(3)18(21)12-16(2)13-19(20)22/h4-6,9-10,16,18,21H,1,7-8,11-14H2,2-3H3/t16-,18+,20-/m1/s1. The molecule has 5 heteroatoms. The molecule has 1 saturated carbocycles. The molecule has 0 aromatic heterocycles. The molecule has 1 aromatic carbocycles. The molecule has 0 heterocycles. The summed E-state index contributed by atoms with van der Waals surface area (Å²) in [6.07, 6.45) is 2.28. The second-order valence-electron chi connectivity index (χ2n) is 7.58. The van der Waals surface area contributed by atoms with Crippen LogP contribution in [-0.4, -0.2) is 31.2 Å². The third kappa shape index (κ3) is 4.79. The maximum atomic E-state index is 12.4. The van der Waals surface area contributed by atoms with Gasteiger partial charge in [0.1, 0.15) is 5.78 Å². The molecule has 2 rings (SSSR count). The SMILES string of the molecule is C=C(CCC[C@@]1(C)C(=O)C[C@H](C)C[C@@H]1O)CS(=O)(=O)c1ccccc1. The van der Waals surface area contributed by atoms with E-state index in [0.717, 1.165) is 0 Å². The van der Waals surface area contributed by atoms with E-state index in [9.17, 15) is 18.3 Å². The first-order valence-electron chi connectivity index (χ1n) is 8.81. The lowest BCUT2D eigenvalue weighted by Gasteiger charge is -2.39. The van der Waals surface area contributed by atoms with Crippen molar-refractivity contribution in [3.63, 3.8) is 0 Å². The fraction of sp³-hybridized carbons (Fsp3) is 0.550. The molecular formula is C20H28O4S. The van der Waals surface area contributed by atoms with Crippen LogP contribution in [0.5, 0.6) is 0 Å². The maximum Gasteiger partial charge on any atom is 0.182 e. The zero-order valence-electron chi connectivity index (χ0n) is 15.1. The second-order valence-corrected chi connectivity index (χ2v) is 9.57. The van der Waals surface area contributed by atoms with E-state index in [2.05, 4.69) is 6.58 Å². The number of hydrogen-bond acceptors (Lipinski definition) is 4. The minimum atomic E-state index is -3.37. The predicted molar refractivity (Wildman–Crippen MR) is 99.0 cm³/mol. The van der Waals surface area contributed by atoms with Crippen molar-refractivity contribution in [2.24, 2.45) is 11.3 Å². The Labute approximate surface area is 150 Å². The monoisotopic (exact) mass is 364 g/mol. The van der Waals surface area contributed by atoms with Gasteiger partial charge in [-0.25, -0.2) is 8.42 Å². The second kappa shape index (κ2) is 7.83. The molecule has 1 aliphatic carbocycles. The van der Waals surface area contributed by atoms with Gasteiger partial charge in [-0.15, -0.1) is 0 Å². The quantitative estimate of drug-likeness (QED) is 0.751. The van der Waals surface area contributed by atoms with Crippen LogP contribution in [0.15, 0.2) is 47.4 Å². The van der Waals surface area contributed by atoms with Gasteiger partial charge in [-0.3, -0.25) is 4.79 Å². The van der Waals surface area contributed by atoms with Gasteiger partial charge in [0.25, 0.3) is 0 Å². The molecule has 0 aliphatic heterocycles. The Bertz CT molecular complexity index is 723. The van der Waals surface area contributed by atoms with E-state index in [4.69, 9.17) is 0 Å². The van der Waals surface area contributed by atoms with Crippen LogP contribution >= 0.6 is 0 Å². The van der Waals surface area contributed by atoms with Crippen molar-refractivity contribution in [3.8, 4) is 0 Å². The summed E-state index contributed by atoms with van der Waals surface area (Å²) >= 11 is 0. The maximum absolute atomic E-state index is 12.4. The molecule has 0 amide bonds. The third-order valence-electron chi connectivity index (χ3n) is 5.25. The van der Waals surface area contributed by atoms with Gasteiger partial charge in [0, 0.05) is 6.42 Å². The first kappa shape index (κ1) is 19.9. The first-order chi connectivity index (χ1) is 11.6. The molecule has 138 valence electrons. The Hall–Kier alpha value is -1.46. The summed E-state index contributed by atoms with van der Waals surface area (Å²) in [7, 11) is -3.37. The lowest BCUT2D eigenvalue weighted by Crippen LogP contribution is -2.45. The predicted octanol–water partition coefficient (Wildman–Crippen LogP) is 3.55. The van der Waals surface area contributed by atoms with Gasteiger partial charge in [0.05, 0.1) is 22.2 Å². The summed E-state index contributed by atoms with van der Waals surface area (Å²) in [5, 5.41) is 10.3. The third-order valence-corrected chi connectivity index (χ3v) is 7.03. The van der Waals surface area contributed by atoms with Crippen LogP contribution in [0.1, 0.15) is 46.0 Å². The van der Waals surface area contributed by atoms with Crippen molar-refractivity contribution in [2.45, 2.75) is 57.0 Å². The number of rotatable bonds is 7. The molecule has 1 fully saturated rings. The molecule has 0 spiro atoms. The summed E-state index contributed by atoms with van der Waals surface area (Å²) in [5.41, 5.74) is -0.0796. The molecule has 25 heavy (non-hydrogen) atoms. The van der Waals surface area contributed by atoms with Gasteiger partial charge in [0.2, 0.25) is 0 Å². The summed E-state index contributed by atoms with van der Waals surface area (Å²) in [5.74, 6) is 0.254. The normalized spacial score (nSPS) is 27.2. The molecular weight excluding hydrogens is 336 g/mol. The number of carbonyl (C=O) groups excluding carboxylic acids is 1. The number of Topliss-reactive ketones (excluding diaryl/α,β-unsaturated/α-hetero) is 1. The topological polar surface area (TPSA) is 71.4 Å². The lowest BCUT2D eigenvalue weighted by atomic mass is 9.66. The van der Waals surface area contributed by atoms with Crippen molar-refractivity contribution in [1.29, 1.82) is 0 Å². The van der Waals surface area contributed by atoms with E-state index in [-0.39, 0.29) is 17.5 Å². The lowest BCUT2D eigenvalue weighted by molar-refractivity contribution is -0.141. The van der Waals surface area contributed by atoms with E-state index < -0.39 is 21.4 Å². The van der Waals surface area contributed by atoms with Gasteiger partial charge in [-0.05, 0) is 43.7 Å². The Morgan fingerprint density at radius 2 is 1.96 bits per heavy atom. The molecule has 0 saturated heterocycles. The molecule has 1 aromatic rings. The highest BCUT2D eigenvalue weighted by Crippen LogP contribution is 2.40. The highest BCUT2D eigenvalue weighted by molar-refractivity contribution is 7.91. The average molecular weight is 365 g/mol. The fourth-order valence-corrected chi connectivity index (χ4v) is 4.94. The van der Waals surface area contributed by atoms with Gasteiger partial charge in [-0.1, -0.05) is 44.2 Å². The molecule has 4 nitrogen and oxygen atoms in total. The molecule has 0 unspecified atom stereocenters. The van der Waals surface area contributed by atoms with Crippen molar-refractivity contribution in [3.05, 3.63) is 42.5 Å². The smallest absolute Gasteiger partial charge is 0.182 e. The first-order valence-corrected chi connectivity index (χ1v) is 10.5. The Kier molecular flexibility index (Phi) is 6.22. The van der Waals surface area contributed by atoms with Crippen LogP contribution in [0.25, 0.3) is 0 Å². The van der Waals surface area contributed by atoms with Gasteiger partial charge in [0.15, 0.2) is 9.84 Å². The van der Waals surface area contributed by atoms with E-state index in [1.54, 1.807) is 30.3 Å². The van der Waals surface area contributed by atoms with Crippen LogP contribution in [0.2, 0.25) is 0 Å². The zero-order chi connectivity index (χ0) is 18.7. The van der Waals surface area contributed by atoms with Crippen LogP contribution in [0.3, 0.4) is 0 Å². The average Bonchev–Trinajstić information content (AvgIpc) is 2.53. The molecule has 0 radical (unpaired) electrons. The van der Waals surface area contributed by atoms with E-state index in [1.807, 2.05) is 13.8 Å². The molecule has 0 bridgehead atoms. The molecule has 1 N–H and O–H groups in total. The van der Waals surface area contributed by atoms with Crippen LogP contribution in [0.4, 0.5) is 0 Å². The summed E-state index contributed by atoms with van der Waals surface area (Å²) < 4.78 is 24.7. The van der Waals surface area contributed by atoms with E-state index >= 15 is 0 Å². The number of aliphatic hydroxyl groups is 1. The summed E-state index contributed by atoms with van der Waals surface area (Å²) in [4.78, 5) is 12.6. The number of benzene rings is 1. The number of ketones is 1.